The molecule has 4 aliphatic rings. The normalized spacial score (nSPS) is 41.0. The fraction of sp³-hybridized carbons (Fsp3) is 0.773. The lowest BCUT2D eigenvalue weighted by Gasteiger charge is -2.47. The Bertz CT molecular complexity index is 1480. The molecule has 13 nitrogen and oxygen atoms in total. The Hall–Kier alpha value is -2.78. The molecule has 1 amide bonds. The van der Waals surface area contributed by atoms with E-state index in [0.29, 0.717) is 50.5 Å². The highest BCUT2D eigenvalue weighted by Gasteiger charge is 2.57. The number of aliphatic hydroxyl groups excluding tert-OH is 2. The molecule has 1 saturated carbocycles. The van der Waals surface area contributed by atoms with E-state index < -0.39 is 77.9 Å². The third-order valence-electron chi connectivity index (χ3n) is 13.0. The lowest BCUT2D eigenvalue weighted by atomic mass is 9.81. The number of cyclic esters (lactones) is 1. The summed E-state index contributed by atoms with van der Waals surface area (Å²) in [7, 11) is 4.61. The summed E-state index contributed by atoms with van der Waals surface area (Å²) in [5.74, 6) is -7.26. The Morgan fingerprint density at radius 2 is 1.60 bits per heavy atom. The molecule has 1 aliphatic carbocycles. The van der Waals surface area contributed by atoms with Crippen LogP contribution in [0.3, 0.4) is 0 Å². The molecule has 322 valence electrons. The van der Waals surface area contributed by atoms with E-state index in [1.807, 2.05) is 32.9 Å². The van der Waals surface area contributed by atoms with E-state index in [1.54, 1.807) is 27.0 Å². The number of methoxy groups -OCH3 is 3. The maximum atomic E-state index is 14.5. The summed E-state index contributed by atoms with van der Waals surface area (Å²) in [6, 6.07) is -1.19. The second-order valence-corrected chi connectivity index (χ2v) is 17.4. The van der Waals surface area contributed by atoms with Gasteiger partial charge in [-0.15, -0.1) is 6.58 Å². The van der Waals surface area contributed by atoms with Gasteiger partial charge in [-0.05, 0) is 95.0 Å². The van der Waals surface area contributed by atoms with Crippen molar-refractivity contribution in [2.45, 2.75) is 160 Å². The molecular weight excluding hydrogens is 734 g/mol. The van der Waals surface area contributed by atoms with Gasteiger partial charge in [-0.2, -0.15) is 0 Å². The van der Waals surface area contributed by atoms with E-state index in [9.17, 15) is 34.5 Å². The smallest absolute Gasteiger partial charge is 0.329 e. The Morgan fingerprint density at radius 1 is 0.930 bits per heavy atom. The van der Waals surface area contributed by atoms with Crippen LogP contribution < -0.4 is 0 Å². The minimum absolute atomic E-state index is 0.0107. The highest BCUT2D eigenvalue weighted by Crippen LogP contribution is 2.39. The number of hydrogen-bond acceptors (Lipinski definition) is 12. The van der Waals surface area contributed by atoms with E-state index in [-0.39, 0.29) is 61.9 Å². The zero-order valence-corrected chi connectivity index (χ0v) is 35.4. The summed E-state index contributed by atoms with van der Waals surface area (Å²) < 4.78 is 29.8. The van der Waals surface area contributed by atoms with E-state index in [2.05, 4.69) is 6.58 Å². The molecule has 0 aromatic rings. The van der Waals surface area contributed by atoms with Crippen molar-refractivity contribution in [2.24, 2.45) is 29.6 Å². The number of carbonyl (C=O) groups excluding carboxylic acids is 4. The summed E-state index contributed by atoms with van der Waals surface area (Å²) in [6.45, 7) is 13.1. The Kier molecular flexibility index (Phi) is 17.2. The highest BCUT2D eigenvalue weighted by atomic mass is 16.7. The van der Waals surface area contributed by atoms with Gasteiger partial charge in [0.1, 0.15) is 24.0 Å². The number of esters is 1. The molecule has 3 N–H and O–H groups in total. The zero-order valence-electron chi connectivity index (χ0n) is 35.4. The van der Waals surface area contributed by atoms with Crippen LogP contribution in [0, 0.1) is 29.6 Å². The van der Waals surface area contributed by atoms with Gasteiger partial charge in [0.2, 0.25) is 5.79 Å². The van der Waals surface area contributed by atoms with Crippen LogP contribution in [-0.4, -0.2) is 126 Å². The number of piperidine rings is 1. The van der Waals surface area contributed by atoms with E-state index >= 15 is 0 Å². The van der Waals surface area contributed by atoms with Gasteiger partial charge in [0.05, 0.1) is 30.5 Å². The number of aliphatic hydroxyl groups is 3. The summed E-state index contributed by atoms with van der Waals surface area (Å²) in [4.78, 5) is 57.7. The fourth-order valence-corrected chi connectivity index (χ4v) is 9.41. The monoisotopic (exact) mass is 803 g/mol. The van der Waals surface area contributed by atoms with Crippen LogP contribution >= 0.6 is 0 Å². The first-order chi connectivity index (χ1) is 27.0. The van der Waals surface area contributed by atoms with Gasteiger partial charge in [0.15, 0.2) is 0 Å². The largest absolute Gasteiger partial charge is 0.456 e. The first kappa shape index (κ1) is 46.9. The molecule has 3 heterocycles. The lowest BCUT2D eigenvalue weighted by molar-refractivity contribution is -0.302. The summed E-state index contributed by atoms with van der Waals surface area (Å²) in [5.41, 5.74) is 1.63. The van der Waals surface area contributed by atoms with Crippen molar-refractivity contribution in [1.29, 1.82) is 0 Å². The second-order valence-electron chi connectivity index (χ2n) is 17.4. The van der Waals surface area contributed by atoms with Crippen LogP contribution in [0.1, 0.15) is 105 Å². The molecule has 4 rings (SSSR count). The van der Waals surface area contributed by atoms with Crippen molar-refractivity contribution in [3.63, 3.8) is 0 Å². The Morgan fingerprint density at radius 3 is 2.25 bits per heavy atom. The Balaban J connectivity index is 1.77. The quantitative estimate of drug-likeness (QED) is 0.185. The van der Waals surface area contributed by atoms with Crippen LogP contribution in [-0.2, 0) is 42.9 Å². The molecule has 14 unspecified atom stereocenters. The summed E-state index contributed by atoms with van der Waals surface area (Å²) in [5, 5.41) is 34.0. The molecule has 2 saturated heterocycles. The van der Waals surface area contributed by atoms with Gasteiger partial charge in [-0.3, -0.25) is 14.4 Å². The molecule has 14 atom stereocenters. The highest BCUT2D eigenvalue weighted by molar-refractivity contribution is 6.39. The van der Waals surface area contributed by atoms with Crippen molar-refractivity contribution >= 4 is 23.4 Å². The van der Waals surface area contributed by atoms with E-state index in [1.165, 1.54) is 19.1 Å². The molecular formula is C44H69NO12. The van der Waals surface area contributed by atoms with Crippen LogP contribution in [0.2, 0.25) is 0 Å². The van der Waals surface area contributed by atoms with E-state index in [4.69, 9.17) is 23.7 Å². The predicted octanol–water partition coefficient (Wildman–Crippen LogP) is 4.64. The number of Topliss-reactive ketones (excluding diaryl/α,β-unsaturated/α-hetero) is 2. The summed E-state index contributed by atoms with van der Waals surface area (Å²) in [6.07, 6.45) is 4.70. The molecule has 57 heavy (non-hydrogen) atoms. The van der Waals surface area contributed by atoms with Crippen LogP contribution in [0.5, 0.6) is 0 Å². The van der Waals surface area contributed by atoms with Crippen LogP contribution in [0.4, 0.5) is 0 Å². The van der Waals surface area contributed by atoms with Gasteiger partial charge in [-0.1, -0.05) is 44.6 Å². The third kappa shape index (κ3) is 11.5. The number of amides is 1. The first-order valence-corrected chi connectivity index (χ1v) is 20.8. The number of rotatable bonds is 7. The van der Waals surface area contributed by atoms with Gasteiger partial charge >= 0.3 is 5.97 Å². The molecule has 2 bridgehead atoms. The molecule has 3 fully saturated rings. The van der Waals surface area contributed by atoms with Gasteiger partial charge in [0, 0.05) is 52.6 Å². The number of ether oxygens (including phenoxy) is 5. The molecule has 0 aromatic heterocycles. The van der Waals surface area contributed by atoms with Crippen LogP contribution in [0.15, 0.2) is 36.0 Å². The van der Waals surface area contributed by atoms with Crippen molar-refractivity contribution in [3.8, 4) is 0 Å². The predicted molar refractivity (Wildman–Crippen MR) is 213 cm³/mol. The fourth-order valence-electron chi connectivity index (χ4n) is 9.41. The van der Waals surface area contributed by atoms with Gasteiger partial charge in [0.25, 0.3) is 11.7 Å². The second kappa shape index (κ2) is 21.0. The minimum atomic E-state index is -2.52. The lowest BCUT2D eigenvalue weighted by Crippen LogP contribution is -2.64. The minimum Gasteiger partial charge on any atom is -0.456 e. The van der Waals surface area contributed by atoms with Crippen molar-refractivity contribution < 1.29 is 58.2 Å². The topological polar surface area (TPSA) is 178 Å². The zero-order chi connectivity index (χ0) is 42.2. The first-order valence-electron chi connectivity index (χ1n) is 20.8. The molecule has 3 aliphatic heterocycles. The van der Waals surface area contributed by atoms with Crippen molar-refractivity contribution in [3.05, 3.63) is 36.0 Å². The number of hydrogen-bond donors (Lipinski definition) is 3. The average molecular weight is 804 g/mol. The maximum absolute atomic E-state index is 14.5. The van der Waals surface area contributed by atoms with Gasteiger partial charge in [-0.25, -0.2) is 4.79 Å². The number of ketones is 2. The molecule has 13 heteroatoms. The van der Waals surface area contributed by atoms with E-state index in [0.717, 1.165) is 5.57 Å². The molecule has 0 spiro atoms. The average Bonchev–Trinajstić information content (AvgIpc) is 3.18. The van der Waals surface area contributed by atoms with Crippen LogP contribution in [0.25, 0.3) is 0 Å². The molecule has 0 aromatic carbocycles. The Labute approximate surface area is 339 Å². The summed E-state index contributed by atoms with van der Waals surface area (Å²) >= 11 is 0. The third-order valence-corrected chi connectivity index (χ3v) is 13.0. The van der Waals surface area contributed by atoms with Gasteiger partial charge < -0.3 is 43.9 Å². The SMILES string of the molecule is C=CCC1CCN2C(=O)C(=O)C3(O)OC(C(OC)CC(C)C/C(C)=C\CC(=O)CC(O)C(C)C(C(C)=CC4CCC(O)C(OC)C4)OC(=O)C2C1)C(OC)CC3C. The number of nitrogens with zero attached hydrogens (tertiary/aromatic N) is 1. The van der Waals surface area contributed by atoms with Crippen molar-refractivity contribution in [1.82, 2.24) is 4.90 Å². The number of fused-ring (bicyclic) bond motifs is 3. The standard InChI is InChI=1S/C44H69NO12/c1-10-11-30-16-17-45-33(22-30)43(51)56-39(27(4)20-31-13-15-34(47)36(23-31)53-7)29(6)35(48)24-32(46)14-12-25(2)18-26(3)19-37(54-8)40-38(55-9)21-28(5)44(52,57-40)41(49)42(45)50/h10,12,20,26,28-31,33-40,47-48,52H,1,11,13-19,21-24H2,2-9H3/b25-12-,27-20?. The molecule has 0 radical (unpaired) electrons. The van der Waals surface area contributed by atoms with Crippen molar-refractivity contribution in [2.75, 3.05) is 27.9 Å². The maximum Gasteiger partial charge on any atom is 0.329 e. The number of allylic oxidation sites excluding steroid dienone is 4. The number of carbonyl (C=O) groups is 4.